The largest absolute Gasteiger partial charge is 0.0622 e. The van der Waals surface area contributed by atoms with Gasteiger partial charge in [-0.25, -0.2) is 4.98 Å². The van der Waals surface area contributed by atoms with E-state index in [4.69, 9.17) is 4.65 Å². The van der Waals surface area contributed by atoms with E-state index in [2.05, 4.69) is 217 Å². The number of hydrogen-bond donors (Lipinski definition) is 0. The van der Waals surface area contributed by atoms with Gasteiger partial charge in [0, 0.05) is 24.3 Å². The molecule has 0 saturated carbocycles. The summed E-state index contributed by atoms with van der Waals surface area (Å²) in [5, 5.41) is 16.8. The first kappa shape index (κ1) is 54.3. The van der Waals surface area contributed by atoms with Crippen LogP contribution in [0.3, 0.4) is 0 Å². The molecule has 7 aromatic carbocycles. The fourth-order valence-corrected chi connectivity index (χ4v) is 11.1. The molecule has 16 heteroatoms. The normalized spacial score (nSPS) is 11.6. The van der Waals surface area contributed by atoms with Gasteiger partial charge in [-0.05, 0) is 65.6 Å². The molecular weight excluding hydrogens is 1000 g/mol. The molecule has 338 valence electrons. The molecule has 0 atom stereocenters. The van der Waals surface area contributed by atoms with E-state index in [0.717, 1.165) is 16.3 Å². The van der Waals surface area contributed by atoms with Crippen LogP contribution in [0.5, 0.6) is 0 Å². The molecule has 0 N–H and O–H groups in total. The third kappa shape index (κ3) is 20.8. The first-order valence-electron chi connectivity index (χ1n) is 19.4. The number of hydrogen-bond acceptors (Lipinski definition) is 4. The molecule has 5 nitrogen and oxygen atoms in total. The van der Waals surface area contributed by atoms with Crippen molar-refractivity contribution in [1.29, 1.82) is 0 Å². The summed E-state index contributed by atoms with van der Waals surface area (Å²) in [6.07, 6.45) is 3.56. The van der Waals surface area contributed by atoms with Gasteiger partial charge in [-0.3, -0.25) is 0 Å². The van der Waals surface area contributed by atoms with E-state index in [1.165, 1.54) is 31.8 Å². The van der Waals surface area contributed by atoms with Crippen molar-refractivity contribution in [3.63, 3.8) is 0 Å². The number of azo groups is 1. The van der Waals surface area contributed by atoms with Crippen LogP contribution in [0.4, 0.5) is 36.8 Å². The van der Waals surface area contributed by atoms with Crippen molar-refractivity contribution in [3.8, 4) is 0 Å². The second-order valence-corrected chi connectivity index (χ2v) is 20.7. The Bertz CT molecular complexity index is 2290. The molecule has 0 aliphatic carbocycles. The summed E-state index contributed by atoms with van der Waals surface area (Å²) in [6, 6.07) is 72.6. The van der Waals surface area contributed by atoms with E-state index >= 15 is 0 Å². The zero-order chi connectivity index (χ0) is 46.3. The summed E-state index contributed by atoms with van der Waals surface area (Å²) in [5.41, 5.74) is 0.891. The summed E-state index contributed by atoms with van der Waals surface area (Å²) in [6.45, 7) is 6.62. The molecular formula is C49H45F6N4OP3RuS. The molecule has 0 aliphatic heterocycles. The molecule has 65 heavy (non-hydrogen) atoms. The molecule has 0 amide bonds. The van der Waals surface area contributed by atoms with E-state index in [-0.39, 0.29) is 19.5 Å². The number of benzene rings is 7. The summed E-state index contributed by atoms with van der Waals surface area (Å²) >= 11 is 1.76. The maximum atomic E-state index is 9.87. The second-order valence-electron chi connectivity index (χ2n) is 13.1. The van der Waals surface area contributed by atoms with Gasteiger partial charge in [-0.1, -0.05) is 201 Å². The van der Waals surface area contributed by atoms with Gasteiger partial charge in [0.1, 0.15) is 0 Å². The smallest absolute Gasteiger partial charge is 0.0134 e. The van der Waals surface area contributed by atoms with Gasteiger partial charge in [0.15, 0.2) is 0 Å². The zero-order valence-corrected chi connectivity index (χ0v) is 40.4. The molecule has 0 fully saturated rings. The van der Waals surface area contributed by atoms with Gasteiger partial charge in [0.25, 0.3) is 0 Å². The molecule has 0 bridgehead atoms. The van der Waals surface area contributed by atoms with Gasteiger partial charge >= 0.3 is 63.8 Å². The molecule has 0 saturated heterocycles. The predicted octanol–water partition coefficient (Wildman–Crippen LogP) is 13.9. The van der Waals surface area contributed by atoms with Crippen molar-refractivity contribution in [3.05, 3.63) is 225 Å². The quantitative estimate of drug-likeness (QED) is 0.0261. The molecule has 1 radical (unpaired) electrons. The summed E-state index contributed by atoms with van der Waals surface area (Å²) in [5.74, 6) is 1.64. The molecule has 1 heterocycles. The maximum Gasteiger partial charge on any atom is -0.0134 e. The van der Waals surface area contributed by atoms with Crippen LogP contribution < -0.4 is 31.8 Å². The average Bonchev–Trinajstić information content (AvgIpc) is 3.73. The van der Waals surface area contributed by atoms with Crippen LogP contribution >= 0.6 is 35.4 Å². The summed E-state index contributed by atoms with van der Waals surface area (Å²) in [7, 11) is -9.65. The van der Waals surface area contributed by atoms with Crippen molar-refractivity contribution in [2.75, 3.05) is 5.75 Å². The number of nitrogens with zero attached hydrogens (tertiary/aromatic N) is 4. The molecule has 0 spiro atoms. The molecule has 8 rings (SSSR count). The van der Waals surface area contributed by atoms with Crippen molar-refractivity contribution < 1.29 is 49.3 Å². The number of aromatic nitrogens is 2. The number of aryl methyl sites for hydroxylation is 1. The third-order valence-corrected chi connectivity index (χ3v) is 14.1. The van der Waals surface area contributed by atoms with E-state index < -0.39 is 23.7 Å². The van der Waals surface area contributed by atoms with Gasteiger partial charge in [-0.15, -0.1) is 22.0 Å². The predicted molar refractivity (Wildman–Crippen MR) is 259 cm³/mol. The van der Waals surface area contributed by atoms with Crippen molar-refractivity contribution in [2.45, 2.75) is 11.8 Å². The number of imidazole rings is 1. The molecule has 8 aromatic rings. The van der Waals surface area contributed by atoms with Crippen molar-refractivity contribution in [1.82, 2.24) is 9.55 Å². The first-order chi connectivity index (χ1) is 30.7. The Balaban J connectivity index is 0.000000236. The minimum Gasteiger partial charge on any atom is -0.0622 e. The Kier molecular flexibility index (Phi) is 21.9. The number of rotatable bonds is 10. The minimum absolute atomic E-state index is 0. The van der Waals surface area contributed by atoms with Crippen LogP contribution in [0.25, 0.3) is 0 Å². The van der Waals surface area contributed by atoms with Crippen LogP contribution in [0.2, 0.25) is 0 Å². The molecule has 0 unspecified atom stereocenters. The Morgan fingerprint density at radius 2 is 0.785 bits per heavy atom. The van der Waals surface area contributed by atoms with Crippen molar-refractivity contribution >= 4 is 78.9 Å². The third-order valence-electron chi connectivity index (χ3n) is 8.29. The van der Waals surface area contributed by atoms with Gasteiger partial charge < -0.3 is 4.57 Å². The maximum absolute atomic E-state index is 10.7. The van der Waals surface area contributed by atoms with Crippen LogP contribution in [0.15, 0.2) is 234 Å². The summed E-state index contributed by atoms with van der Waals surface area (Å²) in [4.78, 5) is 5.25. The van der Waals surface area contributed by atoms with Crippen LogP contribution in [0.1, 0.15) is 6.92 Å². The Hall–Kier alpha value is -5.07. The van der Waals surface area contributed by atoms with E-state index in [1.807, 2.05) is 36.0 Å². The number of halogens is 6. The Morgan fingerprint density at radius 1 is 0.508 bits per heavy atom. The fraction of sp³-hybridized carbons (Fsp3) is 0.0612. The average molecular weight is 1050 g/mol. The standard InChI is InChI=1S/2C18H15P.C12H14N4S.CO.F6P.Ru.H/c2*1-4-10-16(11-5-1)19(17-12-6-2-7-13-17)18-14-8-3-9-15-18;1-3-17-11-7-5-4-6-10(11)14-15-12-13-8-9-16(12)2;1-2;1-7(2,3,4,5)6;;/h2*1-15H;4-9H,3H2,1-2H3;;;;/q;;;;-1;+1;. The van der Waals surface area contributed by atoms with Crippen LogP contribution in [-0.4, -0.2) is 15.3 Å². The van der Waals surface area contributed by atoms with E-state index in [9.17, 15) is 25.2 Å². The SMILES string of the molecule is CCSc1ccccc1N=Nc1nccn1C.F[P-](F)(F)(F)(F)F.[C-]#[O+].[RuH+].c1ccc(P(c2ccccc2)c2ccccc2)cc1.c1ccc(P(c2ccccc2)c2ccccc2)cc1. The molecule has 1 aromatic heterocycles. The summed E-state index contributed by atoms with van der Waals surface area (Å²) < 4.78 is 68.5. The Labute approximate surface area is 395 Å². The minimum atomic E-state index is -10.7. The van der Waals surface area contributed by atoms with Gasteiger partial charge in [0.05, 0.1) is 5.69 Å². The first-order valence-corrected chi connectivity index (χ1v) is 25.1. The second kappa shape index (κ2) is 26.2. The van der Waals surface area contributed by atoms with Crippen LogP contribution in [0, 0.1) is 6.65 Å². The Morgan fingerprint density at radius 3 is 1.05 bits per heavy atom. The van der Waals surface area contributed by atoms with Crippen molar-refractivity contribution in [2.24, 2.45) is 17.3 Å². The topological polar surface area (TPSA) is 62.4 Å². The van der Waals surface area contributed by atoms with E-state index in [1.54, 1.807) is 18.0 Å². The van der Waals surface area contributed by atoms with Gasteiger partial charge in [-0.2, -0.15) is 0 Å². The molecule has 0 aliphatic rings. The van der Waals surface area contributed by atoms with Gasteiger partial charge in [0.2, 0.25) is 5.95 Å². The monoisotopic (exact) mass is 1050 g/mol. The van der Waals surface area contributed by atoms with E-state index in [0.29, 0.717) is 5.95 Å². The fourth-order valence-electron chi connectivity index (χ4n) is 5.73. The van der Waals surface area contributed by atoms with Crippen LogP contribution in [-0.2, 0) is 31.2 Å². The number of thioether (sulfide) groups is 1. The zero-order valence-electron chi connectivity index (χ0n) is 35.1.